The summed E-state index contributed by atoms with van der Waals surface area (Å²) in [6.07, 6.45) is 0.839. The summed E-state index contributed by atoms with van der Waals surface area (Å²) in [4.78, 5) is 24.7. The maximum Gasteiger partial charge on any atom is 0.349 e. The van der Waals surface area contributed by atoms with Crippen molar-refractivity contribution in [2.75, 3.05) is 7.11 Å². The Labute approximate surface area is 138 Å². The van der Waals surface area contributed by atoms with Crippen molar-refractivity contribution in [3.05, 3.63) is 40.3 Å². The molecule has 6 heteroatoms. The Morgan fingerprint density at radius 1 is 1.22 bits per heavy atom. The van der Waals surface area contributed by atoms with Gasteiger partial charge in [0.25, 0.3) is 5.91 Å². The van der Waals surface area contributed by atoms with Crippen molar-refractivity contribution in [3.8, 4) is 16.2 Å². The molecule has 1 atom stereocenters. The first-order valence-electron chi connectivity index (χ1n) is 7.30. The van der Waals surface area contributed by atoms with Gasteiger partial charge in [0.05, 0.1) is 7.11 Å². The molecule has 3 rings (SSSR count). The van der Waals surface area contributed by atoms with Crippen molar-refractivity contribution >= 4 is 23.2 Å². The van der Waals surface area contributed by atoms with Crippen molar-refractivity contribution < 1.29 is 19.1 Å². The zero-order valence-electron chi connectivity index (χ0n) is 12.9. The van der Waals surface area contributed by atoms with E-state index in [9.17, 15) is 9.59 Å². The van der Waals surface area contributed by atoms with Crippen molar-refractivity contribution in [1.82, 2.24) is 0 Å². The molecule has 0 saturated heterocycles. The van der Waals surface area contributed by atoms with Crippen LogP contribution in [0.1, 0.15) is 27.7 Å². The molecule has 1 aromatic heterocycles. The molecule has 1 aromatic carbocycles. The molecular formula is C17H17NO4S. The minimum atomic E-state index is -0.932. The van der Waals surface area contributed by atoms with Crippen LogP contribution in [0.2, 0.25) is 0 Å². The Morgan fingerprint density at radius 3 is 2.65 bits per heavy atom. The van der Waals surface area contributed by atoms with E-state index in [-0.39, 0.29) is 0 Å². The smallest absolute Gasteiger partial charge is 0.349 e. The third-order valence-corrected chi connectivity index (χ3v) is 5.11. The normalized spacial score (nSPS) is 13.7. The molecule has 0 saturated carbocycles. The van der Waals surface area contributed by atoms with E-state index in [0.717, 1.165) is 34.6 Å². The first-order chi connectivity index (χ1) is 11.0. The van der Waals surface area contributed by atoms with Gasteiger partial charge >= 0.3 is 5.97 Å². The number of nitrogens with two attached hydrogens (primary N) is 1. The number of carbonyl (C=O) groups excluding carboxylic acids is 2. The molecule has 120 valence electrons. The molecule has 23 heavy (non-hydrogen) atoms. The number of methoxy groups -OCH3 is 1. The number of aryl methyl sites for hydroxylation is 2. The zero-order valence-corrected chi connectivity index (χ0v) is 13.7. The van der Waals surface area contributed by atoms with Gasteiger partial charge in [-0.1, -0.05) is 0 Å². The monoisotopic (exact) mass is 331 g/mol. The summed E-state index contributed by atoms with van der Waals surface area (Å²) in [5.41, 5.74) is 8.59. The van der Waals surface area contributed by atoms with Gasteiger partial charge in [-0.05, 0) is 60.7 Å². The maximum atomic E-state index is 12.2. The van der Waals surface area contributed by atoms with Gasteiger partial charge in [0, 0.05) is 4.88 Å². The van der Waals surface area contributed by atoms with E-state index < -0.39 is 18.0 Å². The molecule has 1 amide bonds. The highest BCUT2D eigenvalue weighted by Gasteiger charge is 2.24. The highest BCUT2D eigenvalue weighted by molar-refractivity contribution is 7.17. The Hall–Kier alpha value is -2.34. The third kappa shape index (κ3) is 2.94. The number of hydrogen-bond acceptors (Lipinski definition) is 5. The molecule has 0 bridgehead atoms. The first kappa shape index (κ1) is 15.6. The van der Waals surface area contributed by atoms with Gasteiger partial charge in [0.1, 0.15) is 10.6 Å². The van der Waals surface area contributed by atoms with Gasteiger partial charge < -0.3 is 15.2 Å². The van der Waals surface area contributed by atoms with Gasteiger partial charge in [-0.2, -0.15) is 0 Å². The summed E-state index contributed by atoms with van der Waals surface area (Å²) in [6, 6.07) is 7.82. The summed E-state index contributed by atoms with van der Waals surface area (Å²) in [6.45, 7) is 1.47. The van der Waals surface area contributed by atoms with Crippen LogP contribution in [-0.2, 0) is 22.4 Å². The van der Waals surface area contributed by atoms with E-state index in [4.69, 9.17) is 15.2 Å². The average molecular weight is 331 g/mol. The minimum absolute atomic E-state index is 0.492. The fraction of sp³-hybridized carbons (Fsp3) is 0.294. The van der Waals surface area contributed by atoms with Crippen LogP contribution in [0.3, 0.4) is 0 Å². The predicted molar refractivity (Wildman–Crippen MR) is 87.8 cm³/mol. The quantitative estimate of drug-likeness (QED) is 0.873. The fourth-order valence-electron chi connectivity index (χ4n) is 2.61. The number of rotatable bonds is 4. The first-order valence-corrected chi connectivity index (χ1v) is 8.11. The van der Waals surface area contributed by atoms with E-state index >= 15 is 0 Å². The van der Waals surface area contributed by atoms with Crippen molar-refractivity contribution in [3.63, 3.8) is 0 Å². The molecule has 1 aliphatic carbocycles. The Balaban J connectivity index is 1.90. The van der Waals surface area contributed by atoms with E-state index in [1.807, 2.05) is 24.3 Å². The molecule has 0 spiro atoms. The van der Waals surface area contributed by atoms with Gasteiger partial charge in [-0.3, -0.25) is 4.79 Å². The van der Waals surface area contributed by atoms with Gasteiger partial charge in [0.15, 0.2) is 6.10 Å². The molecule has 0 fully saturated rings. The summed E-state index contributed by atoms with van der Waals surface area (Å²) in [5.74, 6) is -0.332. The van der Waals surface area contributed by atoms with Crippen LogP contribution < -0.4 is 10.5 Å². The Morgan fingerprint density at radius 2 is 1.96 bits per heavy atom. The number of ether oxygens (including phenoxy) is 2. The number of primary amides is 1. The van der Waals surface area contributed by atoms with E-state index in [1.165, 1.54) is 23.8 Å². The Kier molecular flexibility index (Phi) is 4.09. The average Bonchev–Trinajstić information content (AvgIpc) is 2.98. The number of carbonyl (C=O) groups is 2. The largest absolute Gasteiger partial charge is 0.497 e. The van der Waals surface area contributed by atoms with Crippen molar-refractivity contribution in [2.45, 2.75) is 25.9 Å². The molecule has 5 nitrogen and oxygen atoms in total. The predicted octanol–water partition coefficient (Wildman–Crippen LogP) is 2.55. The van der Waals surface area contributed by atoms with Crippen LogP contribution in [0.15, 0.2) is 24.3 Å². The number of amides is 1. The lowest BCUT2D eigenvalue weighted by atomic mass is 9.91. The molecule has 0 aliphatic heterocycles. The molecule has 2 aromatic rings. The van der Waals surface area contributed by atoms with Crippen molar-refractivity contribution in [2.24, 2.45) is 5.73 Å². The van der Waals surface area contributed by atoms with Crippen LogP contribution in [0.5, 0.6) is 5.75 Å². The molecule has 1 heterocycles. The topological polar surface area (TPSA) is 78.6 Å². The number of fused-ring (bicyclic) bond motifs is 3. The Bertz CT molecular complexity index is 781. The maximum absolute atomic E-state index is 12.2. The highest BCUT2D eigenvalue weighted by Crippen LogP contribution is 2.41. The van der Waals surface area contributed by atoms with Crippen LogP contribution in [0.25, 0.3) is 10.4 Å². The van der Waals surface area contributed by atoms with Crippen LogP contribution in [0, 0.1) is 0 Å². The van der Waals surface area contributed by atoms with E-state index in [0.29, 0.717) is 4.88 Å². The summed E-state index contributed by atoms with van der Waals surface area (Å²) < 4.78 is 10.3. The van der Waals surface area contributed by atoms with Crippen molar-refractivity contribution in [1.29, 1.82) is 0 Å². The molecule has 0 radical (unpaired) electrons. The third-order valence-electron chi connectivity index (χ3n) is 3.92. The fourth-order valence-corrected chi connectivity index (χ4v) is 3.77. The second kappa shape index (κ2) is 6.04. The van der Waals surface area contributed by atoms with Gasteiger partial charge in [-0.15, -0.1) is 11.3 Å². The lowest BCUT2D eigenvalue weighted by Crippen LogP contribution is -2.30. The summed E-state index contributed by atoms with van der Waals surface area (Å²) in [5, 5.41) is 0. The summed E-state index contributed by atoms with van der Waals surface area (Å²) in [7, 11) is 1.65. The standard InChI is InChI=1S/C17H17NO4S/c1-9(16(18)19)22-17(20)14-8-11-4-3-10-7-12(21-2)5-6-13(10)15(11)23-14/h5-9H,3-4H2,1-2H3,(H2,18,19)/t9-/m1/s1. The van der Waals surface area contributed by atoms with Crippen LogP contribution in [0.4, 0.5) is 0 Å². The second-order valence-corrected chi connectivity index (χ2v) is 6.49. The molecule has 1 aliphatic rings. The van der Waals surface area contributed by atoms with Crippen LogP contribution in [-0.4, -0.2) is 25.1 Å². The SMILES string of the molecule is COc1ccc2c(c1)CCc1cc(C(=O)O[C@H](C)C(N)=O)sc1-2. The second-order valence-electron chi connectivity index (χ2n) is 5.44. The molecule has 0 unspecified atom stereocenters. The zero-order chi connectivity index (χ0) is 16.6. The number of esters is 1. The summed E-state index contributed by atoms with van der Waals surface area (Å²) >= 11 is 1.39. The number of thiophene rings is 1. The lowest BCUT2D eigenvalue weighted by molar-refractivity contribution is -0.125. The lowest BCUT2D eigenvalue weighted by Gasteiger charge is -2.16. The van der Waals surface area contributed by atoms with Gasteiger partial charge in [-0.25, -0.2) is 4.79 Å². The molecular weight excluding hydrogens is 314 g/mol. The highest BCUT2D eigenvalue weighted by atomic mass is 32.1. The molecule has 2 N–H and O–H groups in total. The minimum Gasteiger partial charge on any atom is -0.497 e. The number of hydrogen-bond donors (Lipinski definition) is 1. The van der Waals surface area contributed by atoms with E-state index in [2.05, 4.69) is 0 Å². The van der Waals surface area contributed by atoms with Crippen LogP contribution >= 0.6 is 11.3 Å². The van der Waals surface area contributed by atoms with E-state index in [1.54, 1.807) is 7.11 Å². The van der Waals surface area contributed by atoms with Gasteiger partial charge in [0.2, 0.25) is 0 Å². The number of benzene rings is 1.